The molecular weight excluding hydrogens is 309 g/mol. The Labute approximate surface area is 138 Å². The van der Waals surface area contributed by atoms with Crippen LogP contribution in [0.5, 0.6) is 0 Å². The van der Waals surface area contributed by atoms with Gasteiger partial charge in [-0.25, -0.2) is 9.37 Å². The number of hydrogen-bond acceptors (Lipinski definition) is 4. The number of benzene rings is 1. The molecule has 0 aliphatic carbocycles. The number of carbonyl (C=O) groups excluding carboxylic acids is 1. The lowest BCUT2D eigenvalue weighted by molar-refractivity contribution is -0.118. The van der Waals surface area contributed by atoms with Gasteiger partial charge in [-0.05, 0) is 48.8 Å². The van der Waals surface area contributed by atoms with Gasteiger partial charge in [0.15, 0.2) is 0 Å². The lowest BCUT2D eigenvalue weighted by atomic mass is 9.98. The van der Waals surface area contributed by atoms with Crippen LogP contribution in [0.15, 0.2) is 30.2 Å². The van der Waals surface area contributed by atoms with Gasteiger partial charge < -0.3 is 5.32 Å². The molecule has 0 saturated carbocycles. The Kier molecular flexibility index (Phi) is 5.22. The van der Waals surface area contributed by atoms with E-state index >= 15 is 0 Å². The summed E-state index contributed by atoms with van der Waals surface area (Å²) in [7, 11) is 0. The van der Waals surface area contributed by atoms with Crippen molar-refractivity contribution in [3.05, 3.63) is 58.6 Å². The molecule has 0 spiro atoms. The lowest BCUT2D eigenvalue weighted by Crippen LogP contribution is -2.18. The SMILES string of the molecule is CC(=O)NC(=C/c1ncn[nH]1)/C=C(\C)c1cc(F)c(C#N)cc1C. The molecule has 0 atom stereocenters. The highest BCUT2D eigenvalue weighted by atomic mass is 19.1. The molecule has 24 heavy (non-hydrogen) atoms. The first-order valence-electron chi connectivity index (χ1n) is 7.14. The summed E-state index contributed by atoms with van der Waals surface area (Å²) in [5, 5.41) is 18.0. The number of nitriles is 1. The van der Waals surface area contributed by atoms with Gasteiger partial charge in [0, 0.05) is 18.7 Å². The van der Waals surface area contributed by atoms with Crippen molar-refractivity contribution in [2.45, 2.75) is 20.8 Å². The van der Waals surface area contributed by atoms with E-state index in [4.69, 9.17) is 5.26 Å². The fourth-order valence-corrected chi connectivity index (χ4v) is 2.25. The summed E-state index contributed by atoms with van der Waals surface area (Å²) in [5.41, 5.74) is 2.64. The van der Waals surface area contributed by atoms with Crippen molar-refractivity contribution in [1.82, 2.24) is 20.5 Å². The third-order valence-electron chi connectivity index (χ3n) is 3.28. The number of rotatable bonds is 4. The third-order valence-corrected chi connectivity index (χ3v) is 3.28. The monoisotopic (exact) mass is 325 g/mol. The van der Waals surface area contributed by atoms with Crippen molar-refractivity contribution in [2.24, 2.45) is 0 Å². The van der Waals surface area contributed by atoms with Crippen LogP contribution in [0, 0.1) is 24.1 Å². The number of nitrogens with one attached hydrogen (secondary N) is 2. The molecule has 122 valence electrons. The Bertz CT molecular complexity index is 860. The zero-order valence-electron chi connectivity index (χ0n) is 13.5. The Morgan fingerprint density at radius 1 is 1.42 bits per heavy atom. The maximum atomic E-state index is 13.9. The van der Waals surface area contributed by atoms with Crippen LogP contribution in [0.25, 0.3) is 11.6 Å². The van der Waals surface area contributed by atoms with E-state index in [0.717, 1.165) is 11.1 Å². The predicted octanol–water partition coefficient (Wildman–Crippen LogP) is 2.70. The average Bonchev–Trinajstić information content (AvgIpc) is 3.01. The van der Waals surface area contributed by atoms with Gasteiger partial charge >= 0.3 is 0 Å². The first-order valence-corrected chi connectivity index (χ1v) is 7.14. The van der Waals surface area contributed by atoms with Gasteiger partial charge in [-0.15, -0.1) is 0 Å². The van der Waals surface area contributed by atoms with Crippen LogP contribution < -0.4 is 5.32 Å². The van der Waals surface area contributed by atoms with Crippen LogP contribution in [-0.2, 0) is 4.79 Å². The van der Waals surface area contributed by atoms with E-state index in [1.807, 2.05) is 6.07 Å². The third kappa shape index (κ3) is 4.14. The Morgan fingerprint density at radius 3 is 2.75 bits per heavy atom. The molecule has 1 heterocycles. The number of carbonyl (C=O) groups is 1. The van der Waals surface area contributed by atoms with Gasteiger partial charge in [-0.3, -0.25) is 9.89 Å². The van der Waals surface area contributed by atoms with E-state index in [1.165, 1.54) is 25.4 Å². The topological polar surface area (TPSA) is 94.5 Å². The van der Waals surface area contributed by atoms with Crippen molar-refractivity contribution < 1.29 is 9.18 Å². The lowest BCUT2D eigenvalue weighted by Gasteiger charge is -2.10. The van der Waals surface area contributed by atoms with Crippen molar-refractivity contribution in [2.75, 3.05) is 0 Å². The predicted molar refractivity (Wildman–Crippen MR) is 87.7 cm³/mol. The second kappa shape index (κ2) is 7.33. The normalized spacial score (nSPS) is 12.0. The molecule has 1 amide bonds. The molecule has 2 N–H and O–H groups in total. The van der Waals surface area contributed by atoms with E-state index in [-0.39, 0.29) is 11.5 Å². The minimum Gasteiger partial charge on any atom is -0.326 e. The summed E-state index contributed by atoms with van der Waals surface area (Å²) in [5.74, 6) is -0.343. The van der Waals surface area contributed by atoms with E-state index in [1.54, 1.807) is 26.0 Å². The van der Waals surface area contributed by atoms with Crippen LogP contribution in [-0.4, -0.2) is 21.1 Å². The number of aromatic amines is 1. The van der Waals surface area contributed by atoms with E-state index in [2.05, 4.69) is 20.5 Å². The molecule has 1 aromatic heterocycles. The number of halogens is 1. The molecular formula is C17H16FN5O. The van der Waals surface area contributed by atoms with Crippen molar-refractivity contribution in [3.8, 4) is 6.07 Å². The second-order valence-electron chi connectivity index (χ2n) is 5.24. The zero-order valence-corrected chi connectivity index (χ0v) is 13.5. The number of amides is 1. The molecule has 6 nitrogen and oxygen atoms in total. The maximum absolute atomic E-state index is 13.9. The molecule has 0 bridgehead atoms. The summed E-state index contributed by atoms with van der Waals surface area (Å²) in [6.45, 7) is 4.99. The van der Waals surface area contributed by atoms with Crippen molar-refractivity contribution in [3.63, 3.8) is 0 Å². The largest absolute Gasteiger partial charge is 0.326 e. The molecule has 0 radical (unpaired) electrons. The molecule has 0 fully saturated rings. The Morgan fingerprint density at radius 2 is 2.17 bits per heavy atom. The number of aromatic nitrogens is 3. The average molecular weight is 325 g/mol. The van der Waals surface area contributed by atoms with Gasteiger partial charge in [0.25, 0.3) is 0 Å². The Balaban J connectivity index is 2.44. The molecule has 0 saturated heterocycles. The molecule has 1 aromatic carbocycles. The molecule has 0 unspecified atom stereocenters. The smallest absolute Gasteiger partial charge is 0.221 e. The highest BCUT2D eigenvalue weighted by Crippen LogP contribution is 2.23. The fourth-order valence-electron chi connectivity index (χ4n) is 2.25. The molecule has 0 aliphatic rings. The summed E-state index contributed by atoms with van der Waals surface area (Å²) in [6, 6.07) is 4.64. The second-order valence-corrected chi connectivity index (χ2v) is 5.24. The van der Waals surface area contributed by atoms with Crippen LogP contribution in [0.1, 0.15) is 36.4 Å². The number of H-pyrrole nitrogens is 1. The fraction of sp³-hybridized carbons (Fsp3) is 0.176. The molecule has 2 aromatic rings. The van der Waals surface area contributed by atoms with Gasteiger partial charge in [0.1, 0.15) is 24.0 Å². The van der Waals surface area contributed by atoms with Gasteiger partial charge in [-0.2, -0.15) is 10.4 Å². The van der Waals surface area contributed by atoms with E-state index in [0.29, 0.717) is 17.1 Å². The highest BCUT2D eigenvalue weighted by molar-refractivity contribution is 5.79. The molecule has 0 aliphatic heterocycles. The number of allylic oxidation sites excluding steroid dienone is 2. The van der Waals surface area contributed by atoms with E-state index in [9.17, 15) is 9.18 Å². The van der Waals surface area contributed by atoms with Crippen LogP contribution in [0.2, 0.25) is 0 Å². The number of hydrogen-bond donors (Lipinski definition) is 2. The minimum absolute atomic E-state index is 0.00309. The minimum atomic E-state index is -0.578. The first kappa shape index (κ1) is 17.1. The van der Waals surface area contributed by atoms with Crippen LogP contribution in [0.4, 0.5) is 4.39 Å². The summed E-state index contributed by atoms with van der Waals surface area (Å²) >= 11 is 0. The van der Waals surface area contributed by atoms with Crippen LogP contribution in [0.3, 0.4) is 0 Å². The zero-order chi connectivity index (χ0) is 17.7. The molecule has 7 heteroatoms. The quantitative estimate of drug-likeness (QED) is 0.845. The first-order chi connectivity index (χ1) is 11.4. The van der Waals surface area contributed by atoms with Crippen molar-refractivity contribution >= 4 is 17.6 Å². The summed E-state index contributed by atoms with van der Waals surface area (Å²) < 4.78 is 13.9. The molecule has 2 rings (SSSR count). The Hall–Kier alpha value is -3.27. The van der Waals surface area contributed by atoms with Gasteiger partial charge in [0.05, 0.1) is 5.56 Å². The van der Waals surface area contributed by atoms with Crippen molar-refractivity contribution in [1.29, 1.82) is 5.26 Å². The van der Waals surface area contributed by atoms with Crippen LogP contribution >= 0.6 is 0 Å². The summed E-state index contributed by atoms with van der Waals surface area (Å²) in [4.78, 5) is 15.4. The van der Waals surface area contributed by atoms with Gasteiger partial charge in [0.2, 0.25) is 5.91 Å². The number of nitrogens with zero attached hydrogens (tertiary/aromatic N) is 3. The number of aryl methyl sites for hydroxylation is 1. The standard InChI is InChI=1S/C17H16FN5O/c1-10-4-13(8-19)16(18)7-15(10)11(2)5-14(22-12(3)24)6-17-20-9-21-23-17/h4-7,9H,1-3H3,(H,22,24)(H,20,21,23)/b11-5+,14-6+. The summed E-state index contributed by atoms with van der Waals surface area (Å²) in [6.07, 6.45) is 4.68. The highest BCUT2D eigenvalue weighted by Gasteiger charge is 2.09. The van der Waals surface area contributed by atoms with Gasteiger partial charge in [-0.1, -0.05) is 0 Å². The maximum Gasteiger partial charge on any atom is 0.221 e. The van der Waals surface area contributed by atoms with E-state index < -0.39 is 5.82 Å².